The van der Waals surface area contributed by atoms with Gasteiger partial charge in [0.2, 0.25) is 17.7 Å². The number of nitrogens with one attached hydrogen (secondary N) is 3. The maximum Gasteiger partial charge on any atom is 0.320 e. The van der Waals surface area contributed by atoms with Gasteiger partial charge in [0.15, 0.2) is 5.78 Å². The quantitative estimate of drug-likeness (QED) is 0.157. The van der Waals surface area contributed by atoms with E-state index < -0.39 is 48.1 Å². The Kier molecular flexibility index (Phi) is 11.4. The maximum atomic E-state index is 12.0. The molecule has 146 valence electrons. The lowest BCUT2D eigenvalue weighted by Crippen LogP contribution is -2.49. The summed E-state index contributed by atoms with van der Waals surface area (Å²) in [5, 5.41) is 15.6. The average Bonchev–Trinajstić information content (AvgIpc) is 2.61. The molecule has 12 heteroatoms. The molecule has 0 heterocycles. The van der Waals surface area contributed by atoms with Crippen LogP contribution in [0.2, 0.25) is 0 Å². The molecule has 0 bridgehead atoms. The van der Waals surface area contributed by atoms with Gasteiger partial charge in [0.1, 0.15) is 12.1 Å². The van der Waals surface area contributed by atoms with Crippen molar-refractivity contribution in [2.75, 3.05) is 19.3 Å². The van der Waals surface area contributed by atoms with Crippen molar-refractivity contribution in [1.29, 1.82) is 0 Å². The molecule has 0 aromatic carbocycles. The lowest BCUT2D eigenvalue weighted by atomic mass is 10.1. The van der Waals surface area contributed by atoms with Crippen LogP contribution in [0.4, 0.5) is 0 Å². The van der Waals surface area contributed by atoms with Gasteiger partial charge < -0.3 is 26.8 Å². The van der Waals surface area contributed by atoms with Crippen molar-refractivity contribution in [3.63, 3.8) is 0 Å². The molecule has 0 saturated heterocycles. The molecule has 2 atom stereocenters. The second kappa shape index (κ2) is 12.3. The SMILES string of the molecule is CNC(=O)CC(=S)C(=O)CNC(=O)[C@H](CS)NC(=O)CC[C@H](N)C(=O)O. The van der Waals surface area contributed by atoms with Crippen molar-refractivity contribution in [3.05, 3.63) is 0 Å². The van der Waals surface area contributed by atoms with Crippen LogP contribution in [0.5, 0.6) is 0 Å². The number of carbonyl (C=O) groups is 5. The number of thiol groups is 1. The molecule has 0 rings (SSSR count). The number of hydrogen-bond acceptors (Lipinski definition) is 8. The molecule has 26 heavy (non-hydrogen) atoms. The predicted octanol–water partition coefficient (Wildman–Crippen LogP) is -2.22. The highest BCUT2D eigenvalue weighted by Gasteiger charge is 2.22. The first-order valence-electron chi connectivity index (χ1n) is 7.55. The lowest BCUT2D eigenvalue weighted by Gasteiger charge is -2.16. The number of hydrogen-bond donors (Lipinski definition) is 6. The number of rotatable bonds is 12. The lowest BCUT2D eigenvalue weighted by molar-refractivity contribution is -0.139. The Hall–Kier alpha value is -2.05. The van der Waals surface area contributed by atoms with Crippen molar-refractivity contribution in [3.8, 4) is 0 Å². The Morgan fingerprint density at radius 1 is 1.19 bits per heavy atom. The maximum absolute atomic E-state index is 12.0. The summed E-state index contributed by atoms with van der Waals surface area (Å²) in [6.45, 7) is -0.418. The average molecular weight is 406 g/mol. The number of ketones is 1. The van der Waals surface area contributed by atoms with E-state index in [0.29, 0.717) is 0 Å². The Morgan fingerprint density at radius 3 is 2.31 bits per heavy atom. The summed E-state index contributed by atoms with van der Waals surface area (Å²) in [6.07, 6.45) is -0.522. The number of carboxylic acids is 1. The van der Waals surface area contributed by atoms with Crippen LogP contribution >= 0.6 is 24.8 Å². The molecule has 0 fully saturated rings. The zero-order valence-corrected chi connectivity index (χ0v) is 15.8. The van der Waals surface area contributed by atoms with Crippen molar-refractivity contribution < 1.29 is 29.1 Å². The number of thiocarbonyl (C=S) groups is 1. The zero-order valence-electron chi connectivity index (χ0n) is 14.1. The Balaban J connectivity index is 4.41. The van der Waals surface area contributed by atoms with Crippen molar-refractivity contribution in [2.45, 2.75) is 31.3 Å². The van der Waals surface area contributed by atoms with Gasteiger partial charge >= 0.3 is 5.97 Å². The Morgan fingerprint density at radius 2 is 1.81 bits per heavy atom. The van der Waals surface area contributed by atoms with Gasteiger partial charge in [0, 0.05) is 19.2 Å². The van der Waals surface area contributed by atoms with E-state index >= 15 is 0 Å². The van der Waals surface area contributed by atoms with Gasteiger partial charge in [-0.25, -0.2) is 0 Å². The number of Topliss-reactive ketones (excluding diaryl/α,β-unsaturated/α-hetero) is 1. The summed E-state index contributed by atoms with van der Waals surface area (Å²) in [5.41, 5.74) is 5.29. The second-order valence-electron chi connectivity index (χ2n) is 5.20. The first-order chi connectivity index (χ1) is 12.1. The van der Waals surface area contributed by atoms with Gasteiger partial charge in [-0.1, -0.05) is 12.2 Å². The number of carbonyl (C=O) groups excluding carboxylic acids is 4. The zero-order chi connectivity index (χ0) is 20.3. The van der Waals surface area contributed by atoms with Gasteiger partial charge in [-0.05, 0) is 6.42 Å². The van der Waals surface area contributed by atoms with E-state index in [1.165, 1.54) is 7.05 Å². The molecule has 0 aromatic heterocycles. The third kappa shape index (κ3) is 9.44. The van der Waals surface area contributed by atoms with Crippen LogP contribution in [0, 0.1) is 0 Å². The fourth-order valence-electron chi connectivity index (χ4n) is 1.59. The molecule has 3 amide bonds. The van der Waals surface area contributed by atoms with Crippen LogP contribution in [0.3, 0.4) is 0 Å². The molecule has 0 aliphatic rings. The fraction of sp³-hybridized carbons (Fsp3) is 0.571. The summed E-state index contributed by atoms with van der Waals surface area (Å²) in [7, 11) is 1.40. The molecule has 6 N–H and O–H groups in total. The standard InChI is InChI=1S/C14H22N4O6S2/c1-16-12(21)4-10(26)9(19)5-17-13(22)8(6-25)18-11(20)3-2-7(15)14(23)24/h7-8,25H,2-6,15H2,1H3,(H,16,21)(H,17,22)(H,18,20)(H,23,24)/t7-,8-/m0/s1. The van der Waals surface area contributed by atoms with Crippen molar-refractivity contribution in [1.82, 2.24) is 16.0 Å². The molecule has 0 unspecified atom stereocenters. The smallest absolute Gasteiger partial charge is 0.320 e. The van der Waals surface area contributed by atoms with Gasteiger partial charge in [0.05, 0.1) is 17.8 Å². The third-order valence-electron chi connectivity index (χ3n) is 3.17. The summed E-state index contributed by atoms with van der Waals surface area (Å²) >= 11 is 8.76. The minimum Gasteiger partial charge on any atom is -0.480 e. The molecular weight excluding hydrogens is 384 g/mol. The van der Waals surface area contributed by atoms with E-state index in [4.69, 9.17) is 23.1 Å². The van der Waals surface area contributed by atoms with Crippen LogP contribution in [0.15, 0.2) is 0 Å². The minimum absolute atomic E-state index is 0.0422. The number of aliphatic carboxylic acids is 1. The molecule has 0 aliphatic carbocycles. The van der Waals surface area contributed by atoms with E-state index in [9.17, 15) is 24.0 Å². The predicted molar refractivity (Wildman–Crippen MR) is 99.9 cm³/mol. The van der Waals surface area contributed by atoms with Gasteiger partial charge in [-0.15, -0.1) is 0 Å². The minimum atomic E-state index is -1.23. The number of nitrogens with two attached hydrogens (primary N) is 1. The van der Waals surface area contributed by atoms with E-state index in [1.54, 1.807) is 0 Å². The van der Waals surface area contributed by atoms with Crippen LogP contribution in [-0.4, -0.2) is 70.9 Å². The van der Waals surface area contributed by atoms with Crippen molar-refractivity contribution in [2.24, 2.45) is 5.73 Å². The monoisotopic (exact) mass is 406 g/mol. The normalized spacial score (nSPS) is 12.4. The first kappa shape index (κ1) is 23.9. The molecular formula is C14H22N4O6S2. The topological polar surface area (TPSA) is 168 Å². The van der Waals surface area contributed by atoms with Gasteiger partial charge in [0.25, 0.3) is 0 Å². The largest absolute Gasteiger partial charge is 0.480 e. The highest BCUT2D eigenvalue weighted by atomic mass is 32.1. The summed E-state index contributed by atoms with van der Waals surface area (Å²) in [5.74, 6) is -3.51. The second-order valence-corrected chi connectivity index (χ2v) is 6.06. The van der Waals surface area contributed by atoms with Crippen LogP contribution in [-0.2, 0) is 24.0 Å². The van der Waals surface area contributed by atoms with Gasteiger partial charge in [-0.3, -0.25) is 24.0 Å². The summed E-state index contributed by atoms with van der Waals surface area (Å²) < 4.78 is 0. The van der Waals surface area contributed by atoms with E-state index in [1.807, 2.05) is 0 Å². The Labute approximate surface area is 161 Å². The highest BCUT2D eigenvalue weighted by Crippen LogP contribution is 1.97. The van der Waals surface area contributed by atoms with E-state index in [0.717, 1.165) is 0 Å². The molecule has 0 aromatic rings. The van der Waals surface area contributed by atoms with E-state index in [2.05, 4.69) is 28.6 Å². The van der Waals surface area contributed by atoms with Crippen molar-refractivity contribution >= 4 is 59.2 Å². The third-order valence-corrected chi connectivity index (χ3v) is 3.91. The van der Waals surface area contributed by atoms with E-state index in [-0.39, 0.29) is 29.9 Å². The summed E-state index contributed by atoms with van der Waals surface area (Å²) in [6, 6.07) is -2.20. The first-order valence-corrected chi connectivity index (χ1v) is 8.59. The number of carboxylic acid groups (broad SMARTS) is 1. The highest BCUT2D eigenvalue weighted by molar-refractivity contribution is 7.82. The van der Waals surface area contributed by atoms with Crippen LogP contribution in [0.1, 0.15) is 19.3 Å². The van der Waals surface area contributed by atoms with Crippen LogP contribution < -0.4 is 21.7 Å². The molecule has 0 saturated carbocycles. The molecule has 10 nitrogen and oxygen atoms in total. The summed E-state index contributed by atoms with van der Waals surface area (Å²) in [4.78, 5) is 57.1. The number of amides is 3. The molecule has 0 spiro atoms. The van der Waals surface area contributed by atoms with Gasteiger partial charge in [-0.2, -0.15) is 12.6 Å². The molecule has 0 radical (unpaired) electrons. The fourth-order valence-corrected chi connectivity index (χ4v) is 2.05. The van der Waals surface area contributed by atoms with Crippen LogP contribution in [0.25, 0.3) is 0 Å². The molecule has 0 aliphatic heterocycles. The Bertz CT molecular complexity index is 584.